The van der Waals surface area contributed by atoms with Gasteiger partial charge in [0, 0.05) is 28.9 Å². The van der Waals surface area contributed by atoms with Gasteiger partial charge in [-0.1, -0.05) is 17.7 Å². The molecule has 218 valence electrons. The van der Waals surface area contributed by atoms with E-state index in [4.69, 9.17) is 11.6 Å². The second kappa shape index (κ2) is 9.79. The van der Waals surface area contributed by atoms with Gasteiger partial charge in [-0.2, -0.15) is 5.10 Å². The molecule has 0 bridgehead atoms. The number of amides is 2. The van der Waals surface area contributed by atoms with Crippen molar-refractivity contribution in [3.8, 4) is 22.8 Å². The van der Waals surface area contributed by atoms with E-state index in [1.807, 2.05) is 20.8 Å². The van der Waals surface area contributed by atoms with Gasteiger partial charge < -0.3 is 24.7 Å². The Hall–Kier alpha value is -4.52. The number of carbonyl (C=O) groups excluding carboxylic acids is 2. The maximum absolute atomic E-state index is 13.6. The molecule has 1 saturated carbocycles. The molecule has 1 aliphatic carbocycles. The van der Waals surface area contributed by atoms with Crippen LogP contribution in [-0.2, 0) is 11.3 Å². The van der Waals surface area contributed by atoms with E-state index < -0.39 is 29.8 Å². The number of aromatic nitrogens is 4. The summed E-state index contributed by atoms with van der Waals surface area (Å²) in [4.78, 5) is 48.0. The Balaban J connectivity index is 1.33. The number of H-pyrrole nitrogens is 1. The lowest BCUT2D eigenvalue weighted by atomic mass is 10.0. The lowest BCUT2D eigenvalue weighted by Crippen LogP contribution is -2.40. The number of fused-ring (bicyclic) bond motifs is 2. The summed E-state index contributed by atoms with van der Waals surface area (Å²) in [7, 11) is 0. The van der Waals surface area contributed by atoms with E-state index in [1.54, 1.807) is 18.2 Å². The van der Waals surface area contributed by atoms with Crippen LogP contribution in [0.4, 0.5) is 14.5 Å². The van der Waals surface area contributed by atoms with Crippen molar-refractivity contribution in [3.05, 3.63) is 63.7 Å². The van der Waals surface area contributed by atoms with Gasteiger partial charge >= 0.3 is 6.29 Å². The van der Waals surface area contributed by atoms with Gasteiger partial charge in [-0.25, -0.2) is 9.67 Å². The molecule has 0 radical (unpaired) electrons. The van der Waals surface area contributed by atoms with E-state index in [2.05, 4.69) is 29.9 Å². The number of alkyl halides is 2. The molecule has 2 aliphatic rings. The highest BCUT2D eigenvalue weighted by Gasteiger charge is 2.44. The first-order valence-corrected chi connectivity index (χ1v) is 13.5. The third-order valence-electron chi connectivity index (χ3n) is 6.64. The van der Waals surface area contributed by atoms with Crippen LogP contribution >= 0.6 is 11.6 Å². The molecule has 6 rings (SSSR count). The molecule has 0 saturated heterocycles. The Morgan fingerprint density at radius 2 is 1.90 bits per heavy atom. The third kappa shape index (κ3) is 5.27. The molecule has 1 aliphatic heterocycles. The van der Waals surface area contributed by atoms with Crippen LogP contribution in [0.1, 0.15) is 44.0 Å². The Kier molecular flexibility index (Phi) is 6.44. The zero-order chi connectivity index (χ0) is 30.0. The zero-order valence-electron chi connectivity index (χ0n) is 22.7. The highest BCUT2D eigenvalue weighted by molar-refractivity contribution is 6.34. The third-order valence-corrected chi connectivity index (χ3v) is 6.95. The molecular formula is C28H25ClF2N6O5. The number of ether oxygens (including phenoxy) is 2. The Morgan fingerprint density at radius 1 is 1.17 bits per heavy atom. The maximum atomic E-state index is 13.6. The standard InChI is InChI=1S/C28H25ClF2N6O5/c1-27(2,3)34-25(39)17-8-4-14(10-18(17)29)22-23-24(33-13-32-23)26(40)36(35-22)12-21(38)37(15-5-6-15)16-7-9-19-20(11-16)42-28(30,31)41-19/h4,7-11,13,15H,5-6,12H2,1-3H3,(H,32,33)(H,34,39). The fraction of sp³-hybridized carbons (Fsp3) is 0.321. The van der Waals surface area contributed by atoms with E-state index in [-0.39, 0.29) is 39.6 Å². The van der Waals surface area contributed by atoms with Crippen LogP contribution in [0.3, 0.4) is 0 Å². The van der Waals surface area contributed by atoms with Gasteiger partial charge in [0.1, 0.15) is 12.2 Å². The summed E-state index contributed by atoms with van der Waals surface area (Å²) >= 11 is 6.48. The molecule has 42 heavy (non-hydrogen) atoms. The smallest absolute Gasteiger partial charge is 0.395 e. The predicted octanol–water partition coefficient (Wildman–Crippen LogP) is 4.49. The summed E-state index contributed by atoms with van der Waals surface area (Å²) in [5.41, 5.74) is 0.696. The first-order chi connectivity index (χ1) is 19.8. The van der Waals surface area contributed by atoms with E-state index in [9.17, 15) is 23.2 Å². The molecule has 2 N–H and O–H groups in total. The molecule has 2 amide bonds. The molecule has 14 heteroatoms. The minimum absolute atomic E-state index is 0.0572. The topological polar surface area (TPSA) is 131 Å². The number of hydrogen-bond acceptors (Lipinski definition) is 7. The van der Waals surface area contributed by atoms with Crippen molar-refractivity contribution in [3.63, 3.8) is 0 Å². The Bertz CT molecular complexity index is 1810. The molecule has 2 aromatic heterocycles. The van der Waals surface area contributed by atoms with Crippen molar-refractivity contribution in [1.29, 1.82) is 0 Å². The molecule has 0 spiro atoms. The molecule has 0 unspecified atom stereocenters. The minimum atomic E-state index is -3.79. The summed E-state index contributed by atoms with van der Waals surface area (Å²) < 4.78 is 37.1. The molecule has 1 fully saturated rings. The number of rotatable bonds is 6. The van der Waals surface area contributed by atoms with Crippen LogP contribution in [-0.4, -0.2) is 49.4 Å². The summed E-state index contributed by atoms with van der Waals surface area (Å²) in [6.45, 7) is 5.11. The lowest BCUT2D eigenvalue weighted by molar-refractivity contribution is -0.286. The van der Waals surface area contributed by atoms with Crippen molar-refractivity contribution in [2.24, 2.45) is 0 Å². The van der Waals surface area contributed by atoms with E-state index in [0.29, 0.717) is 35.3 Å². The summed E-state index contributed by atoms with van der Waals surface area (Å²) in [5, 5.41) is 7.51. The first kappa shape index (κ1) is 27.6. The number of nitrogens with zero attached hydrogens (tertiary/aromatic N) is 4. The summed E-state index contributed by atoms with van der Waals surface area (Å²) in [5.74, 6) is -1.16. The average Bonchev–Trinajstić information content (AvgIpc) is 3.49. The maximum Gasteiger partial charge on any atom is 0.586 e. The quantitative estimate of drug-likeness (QED) is 0.334. The fourth-order valence-electron chi connectivity index (χ4n) is 4.72. The number of carbonyl (C=O) groups is 2. The van der Waals surface area contributed by atoms with Crippen LogP contribution in [0.15, 0.2) is 47.5 Å². The number of nitrogens with one attached hydrogen (secondary N) is 2. The van der Waals surface area contributed by atoms with Crippen LogP contribution in [0, 0.1) is 0 Å². The van der Waals surface area contributed by atoms with E-state index >= 15 is 0 Å². The normalized spacial score (nSPS) is 15.6. The number of anilines is 1. The van der Waals surface area contributed by atoms with Crippen LogP contribution in [0.5, 0.6) is 11.5 Å². The van der Waals surface area contributed by atoms with Crippen LogP contribution in [0.25, 0.3) is 22.3 Å². The number of imidazole rings is 1. The molecule has 0 atom stereocenters. The van der Waals surface area contributed by atoms with Gasteiger partial charge in [0.05, 0.1) is 22.4 Å². The fourth-order valence-corrected chi connectivity index (χ4v) is 4.99. The zero-order valence-corrected chi connectivity index (χ0v) is 23.5. The largest absolute Gasteiger partial charge is 0.586 e. The van der Waals surface area contributed by atoms with Crippen molar-refractivity contribution >= 4 is 40.1 Å². The summed E-state index contributed by atoms with van der Waals surface area (Å²) in [6, 6.07) is 8.68. The van der Waals surface area contributed by atoms with Crippen LogP contribution < -0.4 is 25.2 Å². The van der Waals surface area contributed by atoms with E-state index in [1.165, 1.54) is 29.4 Å². The van der Waals surface area contributed by atoms with Gasteiger partial charge in [-0.05, 0) is 57.9 Å². The monoisotopic (exact) mass is 598 g/mol. The molecule has 2 aromatic carbocycles. The van der Waals surface area contributed by atoms with Crippen molar-refractivity contribution in [2.75, 3.05) is 4.90 Å². The lowest BCUT2D eigenvalue weighted by Gasteiger charge is -2.23. The predicted molar refractivity (Wildman–Crippen MR) is 149 cm³/mol. The molecular weight excluding hydrogens is 574 g/mol. The van der Waals surface area contributed by atoms with Crippen molar-refractivity contribution in [1.82, 2.24) is 25.1 Å². The van der Waals surface area contributed by atoms with E-state index in [0.717, 1.165) is 4.68 Å². The SMILES string of the molecule is CC(C)(C)NC(=O)c1ccc(-c2nn(CC(=O)N(c3ccc4c(c3)OC(F)(F)O4)C3CC3)c(=O)c3nc[nH]c23)cc1Cl. The van der Waals surface area contributed by atoms with Crippen molar-refractivity contribution in [2.45, 2.75) is 58.0 Å². The Morgan fingerprint density at radius 3 is 2.60 bits per heavy atom. The van der Waals surface area contributed by atoms with Crippen LogP contribution in [0.2, 0.25) is 5.02 Å². The summed E-state index contributed by atoms with van der Waals surface area (Å²) in [6.07, 6.45) is -1.04. The number of benzene rings is 2. The molecule has 11 nitrogen and oxygen atoms in total. The molecule has 4 aromatic rings. The van der Waals surface area contributed by atoms with Gasteiger partial charge in [0.15, 0.2) is 17.0 Å². The second-order valence-electron chi connectivity index (χ2n) is 11.1. The average molecular weight is 599 g/mol. The Labute approximate surface area is 242 Å². The first-order valence-electron chi connectivity index (χ1n) is 13.1. The van der Waals surface area contributed by atoms with Crippen molar-refractivity contribution < 1.29 is 27.8 Å². The van der Waals surface area contributed by atoms with Gasteiger partial charge in [-0.3, -0.25) is 14.4 Å². The number of aromatic amines is 1. The highest BCUT2D eigenvalue weighted by Crippen LogP contribution is 2.44. The number of halogens is 3. The van der Waals surface area contributed by atoms with Gasteiger partial charge in [-0.15, -0.1) is 8.78 Å². The second-order valence-corrected chi connectivity index (χ2v) is 11.5. The highest BCUT2D eigenvalue weighted by atomic mass is 35.5. The number of hydrogen-bond donors (Lipinski definition) is 2. The van der Waals surface area contributed by atoms with Gasteiger partial charge in [0.25, 0.3) is 11.5 Å². The minimum Gasteiger partial charge on any atom is -0.395 e. The van der Waals surface area contributed by atoms with Gasteiger partial charge in [0.2, 0.25) is 5.91 Å². The molecule has 3 heterocycles.